The van der Waals surface area contributed by atoms with Crippen LogP contribution in [0.5, 0.6) is 0 Å². The van der Waals surface area contributed by atoms with E-state index in [2.05, 4.69) is 16.3 Å². The lowest BCUT2D eigenvalue weighted by atomic mass is 10.2. The molecular weight excluding hydrogens is 348 g/mol. The Morgan fingerprint density at radius 1 is 1.15 bits per heavy atom. The van der Waals surface area contributed by atoms with E-state index in [4.69, 9.17) is 5.26 Å². The number of amides is 2. The zero-order valence-electron chi connectivity index (χ0n) is 14.4. The van der Waals surface area contributed by atoms with E-state index in [0.29, 0.717) is 37.3 Å². The lowest BCUT2D eigenvalue weighted by molar-refractivity contribution is -0.116. The molecule has 0 aliphatic carbocycles. The first-order chi connectivity index (χ1) is 12.7. The molecule has 2 amide bonds. The summed E-state index contributed by atoms with van der Waals surface area (Å²) in [7, 11) is 0. The summed E-state index contributed by atoms with van der Waals surface area (Å²) in [5.74, 6) is 0.0203. The molecule has 0 spiro atoms. The number of nitrogens with zero attached hydrogens (tertiary/aromatic N) is 3. The summed E-state index contributed by atoms with van der Waals surface area (Å²) in [6.07, 6.45) is 0.385. The van der Waals surface area contributed by atoms with Crippen LogP contribution in [0.1, 0.15) is 21.7 Å². The number of nitrogens with one attached hydrogen (secondary N) is 1. The van der Waals surface area contributed by atoms with Gasteiger partial charge in [-0.25, -0.2) is 0 Å². The Hall–Kier alpha value is -2.69. The minimum Gasteiger partial charge on any atom is -0.335 e. The fourth-order valence-corrected chi connectivity index (χ4v) is 3.57. The van der Waals surface area contributed by atoms with Crippen LogP contribution in [0.3, 0.4) is 0 Å². The predicted molar refractivity (Wildman–Crippen MR) is 101 cm³/mol. The molecule has 2 heterocycles. The van der Waals surface area contributed by atoms with Crippen molar-refractivity contribution >= 4 is 28.8 Å². The lowest BCUT2D eigenvalue weighted by Gasteiger charge is -2.34. The molecule has 2 aromatic rings. The van der Waals surface area contributed by atoms with Crippen molar-refractivity contribution in [2.24, 2.45) is 0 Å². The number of nitriles is 1. The summed E-state index contributed by atoms with van der Waals surface area (Å²) < 4.78 is 0. The maximum Gasteiger partial charge on any atom is 0.264 e. The van der Waals surface area contributed by atoms with Gasteiger partial charge in [-0.1, -0.05) is 12.1 Å². The summed E-state index contributed by atoms with van der Waals surface area (Å²) in [5, 5.41) is 13.6. The van der Waals surface area contributed by atoms with E-state index < -0.39 is 0 Å². The molecule has 26 heavy (non-hydrogen) atoms. The molecule has 0 atom stereocenters. The quantitative estimate of drug-likeness (QED) is 0.879. The molecule has 134 valence electrons. The van der Waals surface area contributed by atoms with E-state index in [-0.39, 0.29) is 11.8 Å². The van der Waals surface area contributed by atoms with Gasteiger partial charge in [0.1, 0.15) is 0 Å². The van der Waals surface area contributed by atoms with Gasteiger partial charge in [-0.3, -0.25) is 14.5 Å². The van der Waals surface area contributed by atoms with Crippen molar-refractivity contribution in [2.45, 2.75) is 6.42 Å². The second kappa shape index (κ2) is 8.61. The molecule has 1 aliphatic rings. The van der Waals surface area contributed by atoms with E-state index in [9.17, 15) is 9.59 Å². The highest BCUT2D eigenvalue weighted by Gasteiger charge is 2.22. The zero-order chi connectivity index (χ0) is 18.4. The minimum atomic E-state index is -0.0721. The van der Waals surface area contributed by atoms with E-state index in [0.717, 1.165) is 18.0 Å². The molecule has 1 saturated heterocycles. The number of hydrogen-bond acceptors (Lipinski definition) is 5. The van der Waals surface area contributed by atoms with Crippen molar-refractivity contribution in [1.82, 2.24) is 9.80 Å². The number of carbonyl (C=O) groups excluding carboxylic acids is 2. The van der Waals surface area contributed by atoms with Gasteiger partial charge in [-0.15, -0.1) is 11.3 Å². The van der Waals surface area contributed by atoms with Crippen molar-refractivity contribution in [3.05, 3.63) is 52.2 Å². The molecule has 1 aromatic carbocycles. The normalized spacial score (nSPS) is 14.7. The largest absolute Gasteiger partial charge is 0.335 e. The highest BCUT2D eigenvalue weighted by molar-refractivity contribution is 7.12. The Bertz CT molecular complexity index is 805. The second-order valence-electron chi connectivity index (χ2n) is 6.10. The molecule has 3 rings (SSSR count). The number of thiophene rings is 1. The number of rotatable bonds is 5. The summed E-state index contributed by atoms with van der Waals surface area (Å²) in [4.78, 5) is 29.3. The molecule has 6 nitrogen and oxygen atoms in total. The molecule has 0 bridgehead atoms. The molecule has 1 N–H and O–H groups in total. The van der Waals surface area contributed by atoms with Crippen LogP contribution in [-0.4, -0.2) is 54.3 Å². The predicted octanol–water partition coefficient (Wildman–Crippen LogP) is 2.41. The molecule has 0 radical (unpaired) electrons. The molecule has 1 fully saturated rings. The average Bonchev–Trinajstić information content (AvgIpc) is 3.21. The number of anilines is 1. The van der Waals surface area contributed by atoms with E-state index >= 15 is 0 Å². The van der Waals surface area contributed by atoms with Crippen LogP contribution < -0.4 is 5.32 Å². The van der Waals surface area contributed by atoms with E-state index in [1.165, 1.54) is 11.3 Å². The third-order valence-corrected chi connectivity index (χ3v) is 5.18. The van der Waals surface area contributed by atoms with Crippen LogP contribution in [0.2, 0.25) is 0 Å². The van der Waals surface area contributed by atoms with Crippen LogP contribution in [0.25, 0.3) is 0 Å². The Morgan fingerprint density at radius 3 is 2.65 bits per heavy atom. The summed E-state index contributed by atoms with van der Waals surface area (Å²) >= 11 is 1.47. The Balaban J connectivity index is 1.41. The van der Waals surface area contributed by atoms with E-state index in [1.807, 2.05) is 22.4 Å². The standard InChI is InChI=1S/C19H20N4O2S/c20-14-15-3-1-4-16(13-15)21-18(24)6-7-22-8-10-23(11-9-22)19(25)17-5-2-12-26-17/h1-5,12-13H,6-11H2,(H,21,24). The van der Waals surface area contributed by atoms with E-state index in [1.54, 1.807) is 24.3 Å². The summed E-state index contributed by atoms with van der Waals surface area (Å²) in [6.45, 7) is 3.57. The molecule has 7 heteroatoms. The van der Waals surface area contributed by atoms with Crippen molar-refractivity contribution in [1.29, 1.82) is 5.26 Å². The van der Waals surface area contributed by atoms with Gasteiger partial charge in [-0.2, -0.15) is 5.26 Å². The minimum absolute atomic E-state index is 0.0721. The second-order valence-corrected chi connectivity index (χ2v) is 7.05. The lowest BCUT2D eigenvalue weighted by Crippen LogP contribution is -2.49. The van der Waals surface area contributed by atoms with Crippen LogP contribution in [0, 0.1) is 11.3 Å². The number of benzene rings is 1. The van der Waals surface area contributed by atoms with Crippen molar-refractivity contribution < 1.29 is 9.59 Å². The summed E-state index contributed by atoms with van der Waals surface area (Å²) in [6, 6.07) is 12.7. The van der Waals surface area contributed by atoms with Crippen molar-refractivity contribution in [3.8, 4) is 6.07 Å². The van der Waals surface area contributed by atoms with Gasteiger partial charge in [0, 0.05) is 44.8 Å². The smallest absolute Gasteiger partial charge is 0.264 e. The fourth-order valence-electron chi connectivity index (χ4n) is 2.88. The SMILES string of the molecule is N#Cc1cccc(NC(=O)CCN2CCN(C(=O)c3cccs3)CC2)c1. The van der Waals surface area contributed by atoms with Crippen molar-refractivity contribution in [2.75, 3.05) is 38.0 Å². The molecular formula is C19H20N4O2S. The Kier molecular flexibility index (Phi) is 6.00. The van der Waals surface area contributed by atoms with Crippen LogP contribution in [0.15, 0.2) is 41.8 Å². The first-order valence-corrected chi connectivity index (χ1v) is 9.39. The third-order valence-electron chi connectivity index (χ3n) is 4.32. The molecule has 1 aliphatic heterocycles. The van der Waals surface area contributed by atoms with Crippen LogP contribution in [-0.2, 0) is 4.79 Å². The number of piperazine rings is 1. The first-order valence-electron chi connectivity index (χ1n) is 8.51. The van der Waals surface area contributed by atoms with Gasteiger partial charge < -0.3 is 10.2 Å². The highest BCUT2D eigenvalue weighted by atomic mass is 32.1. The van der Waals surface area contributed by atoms with Crippen LogP contribution >= 0.6 is 11.3 Å². The maximum absolute atomic E-state index is 12.3. The average molecular weight is 368 g/mol. The first kappa shape index (κ1) is 18.1. The van der Waals surface area contributed by atoms with Gasteiger partial charge in [0.15, 0.2) is 0 Å². The van der Waals surface area contributed by atoms with Gasteiger partial charge in [0.05, 0.1) is 16.5 Å². The number of carbonyl (C=O) groups is 2. The zero-order valence-corrected chi connectivity index (χ0v) is 15.2. The van der Waals surface area contributed by atoms with Gasteiger partial charge >= 0.3 is 0 Å². The summed E-state index contributed by atoms with van der Waals surface area (Å²) in [5.41, 5.74) is 1.16. The monoisotopic (exact) mass is 368 g/mol. The maximum atomic E-state index is 12.3. The Morgan fingerprint density at radius 2 is 1.96 bits per heavy atom. The molecule has 1 aromatic heterocycles. The topological polar surface area (TPSA) is 76.4 Å². The highest BCUT2D eigenvalue weighted by Crippen LogP contribution is 2.14. The number of hydrogen-bond donors (Lipinski definition) is 1. The third kappa shape index (κ3) is 4.69. The Labute approximate surface area is 156 Å². The van der Waals surface area contributed by atoms with Gasteiger partial charge in [-0.05, 0) is 29.6 Å². The van der Waals surface area contributed by atoms with Crippen molar-refractivity contribution in [3.63, 3.8) is 0 Å². The van der Waals surface area contributed by atoms with Gasteiger partial charge in [0.2, 0.25) is 5.91 Å². The van der Waals surface area contributed by atoms with Crippen LogP contribution in [0.4, 0.5) is 5.69 Å². The molecule has 0 saturated carbocycles. The fraction of sp³-hybridized carbons (Fsp3) is 0.316. The van der Waals surface area contributed by atoms with Gasteiger partial charge in [0.25, 0.3) is 5.91 Å². The molecule has 0 unspecified atom stereocenters.